The van der Waals surface area contributed by atoms with Crippen LogP contribution in [0.3, 0.4) is 0 Å². The Hall–Kier alpha value is -3.41. The van der Waals surface area contributed by atoms with E-state index < -0.39 is 17.7 Å². The van der Waals surface area contributed by atoms with Crippen LogP contribution in [-0.2, 0) is 4.79 Å². The number of benzene rings is 2. The molecule has 0 saturated heterocycles. The number of rotatable bonds is 6. The second-order valence-corrected chi connectivity index (χ2v) is 6.98. The fourth-order valence-corrected chi connectivity index (χ4v) is 3.18. The zero-order valence-corrected chi connectivity index (χ0v) is 17.0. The maximum atomic E-state index is 13.3. The minimum Gasteiger partial charge on any atom is -0.487 e. The molecular formula is C23H17ClF3NO3. The van der Waals surface area contributed by atoms with Crippen molar-refractivity contribution in [3.8, 4) is 5.75 Å². The van der Waals surface area contributed by atoms with E-state index >= 15 is 0 Å². The van der Waals surface area contributed by atoms with Crippen LogP contribution in [0, 0.1) is 0 Å². The van der Waals surface area contributed by atoms with Crippen molar-refractivity contribution in [1.82, 2.24) is 0 Å². The fraction of sp³-hybridized carbons (Fsp3) is 0.130. The summed E-state index contributed by atoms with van der Waals surface area (Å²) in [7, 11) is 0. The Bertz CT molecular complexity index is 1110. The van der Waals surface area contributed by atoms with Crippen molar-refractivity contribution in [2.75, 3.05) is 11.5 Å². The number of hydrogen-bond donors (Lipinski definition) is 1. The van der Waals surface area contributed by atoms with Crippen molar-refractivity contribution in [3.63, 3.8) is 0 Å². The summed E-state index contributed by atoms with van der Waals surface area (Å²) in [4.78, 5) is 12.2. The Labute approximate surface area is 181 Å². The van der Waals surface area contributed by atoms with Crippen LogP contribution < -0.4 is 9.64 Å². The molecule has 0 spiro atoms. The minimum atomic E-state index is -4.56. The van der Waals surface area contributed by atoms with Crippen LogP contribution in [0.1, 0.15) is 12.5 Å². The average molecular weight is 448 g/mol. The minimum absolute atomic E-state index is 0.159. The first-order valence-corrected chi connectivity index (χ1v) is 9.47. The first kappa shape index (κ1) is 22.3. The average Bonchev–Trinajstić information content (AvgIpc) is 2.71. The smallest absolute Gasteiger partial charge is 0.423 e. The van der Waals surface area contributed by atoms with E-state index in [1.165, 1.54) is 13.0 Å². The van der Waals surface area contributed by atoms with E-state index in [0.717, 1.165) is 12.2 Å². The van der Waals surface area contributed by atoms with Crippen LogP contribution in [0.4, 0.5) is 18.9 Å². The van der Waals surface area contributed by atoms with Crippen LogP contribution in [-0.4, -0.2) is 23.9 Å². The molecule has 1 heterocycles. The topological polar surface area (TPSA) is 49.8 Å². The lowest BCUT2D eigenvalue weighted by atomic mass is 10.1. The molecule has 0 fully saturated rings. The van der Waals surface area contributed by atoms with Crippen molar-refractivity contribution in [1.29, 1.82) is 0 Å². The number of halogens is 4. The summed E-state index contributed by atoms with van der Waals surface area (Å²) in [5, 5.41) is 9.05. The van der Waals surface area contributed by atoms with Crippen molar-refractivity contribution in [2.45, 2.75) is 13.1 Å². The molecule has 0 saturated carbocycles. The molecule has 0 unspecified atom stereocenters. The number of nitrogens with zero attached hydrogens (tertiary/aromatic N) is 1. The van der Waals surface area contributed by atoms with Gasteiger partial charge in [-0.1, -0.05) is 41.6 Å². The summed E-state index contributed by atoms with van der Waals surface area (Å²) in [6.07, 6.45) is -1.15. The first-order chi connectivity index (χ1) is 14.6. The molecule has 2 aromatic carbocycles. The largest absolute Gasteiger partial charge is 0.487 e. The maximum Gasteiger partial charge on any atom is 0.423 e. The summed E-state index contributed by atoms with van der Waals surface area (Å²) >= 11 is 6.27. The normalized spacial score (nSPS) is 14.2. The van der Waals surface area contributed by atoms with Gasteiger partial charge in [0, 0.05) is 6.08 Å². The number of allylic oxidation sites excluding steroid dienone is 2. The molecule has 0 aliphatic carbocycles. The molecular weight excluding hydrogens is 431 g/mol. The van der Waals surface area contributed by atoms with Gasteiger partial charge in [0.05, 0.1) is 22.1 Å². The highest BCUT2D eigenvalue weighted by Gasteiger charge is 2.35. The Balaban J connectivity index is 1.88. The van der Waals surface area contributed by atoms with Gasteiger partial charge in [-0.15, -0.1) is 0 Å². The van der Waals surface area contributed by atoms with Gasteiger partial charge in [-0.3, -0.25) is 0 Å². The number of carbonyl (C=O) groups is 1. The molecule has 0 bridgehead atoms. The van der Waals surface area contributed by atoms with E-state index in [1.54, 1.807) is 53.4 Å². The Kier molecular flexibility index (Phi) is 6.59. The zero-order chi connectivity index (χ0) is 22.6. The first-order valence-electron chi connectivity index (χ1n) is 9.09. The fourth-order valence-electron chi connectivity index (χ4n) is 2.96. The van der Waals surface area contributed by atoms with E-state index in [2.05, 4.69) is 5.73 Å². The van der Waals surface area contributed by atoms with Gasteiger partial charge < -0.3 is 14.7 Å². The highest BCUT2D eigenvalue weighted by molar-refractivity contribution is 6.33. The molecule has 4 nitrogen and oxygen atoms in total. The monoisotopic (exact) mass is 447 g/mol. The zero-order valence-electron chi connectivity index (χ0n) is 16.3. The molecule has 0 aromatic heterocycles. The van der Waals surface area contributed by atoms with E-state index in [9.17, 15) is 18.0 Å². The second kappa shape index (κ2) is 9.16. The third-order valence-electron chi connectivity index (χ3n) is 4.33. The van der Waals surface area contributed by atoms with Crippen LogP contribution in [0.15, 0.2) is 83.4 Å². The molecule has 8 heteroatoms. The van der Waals surface area contributed by atoms with E-state index in [-0.39, 0.29) is 18.0 Å². The molecule has 31 heavy (non-hydrogen) atoms. The third-order valence-corrected chi connectivity index (χ3v) is 4.65. The summed E-state index contributed by atoms with van der Waals surface area (Å²) in [5.74, 6) is -0.654. The van der Waals surface area contributed by atoms with Crippen molar-refractivity contribution in [2.24, 2.45) is 0 Å². The van der Waals surface area contributed by atoms with Gasteiger partial charge in [0.2, 0.25) is 0 Å². The summed E-state index contributed by atoms with van der Waals surface area (Å²) in [6, 6.07) is 13.3. The van der Waals surface area contributed by atoms with Crippen LogP contribution in [0.25, 0.3) is 6.08 Å². The van der Waals surface area contributed by atoms with Gasteiger partial charge in [0.25, 0.3) is 0 Å². The van der Waals surface area contributed by atoms with Gasteiger partial charge in [-0.05, 0) is 48.9 Å². The maximum absolute atomic E-state index is 13.3. The van der Waals surface area contributed by atoms with Crippen molar-refractivity contribution >= 4 is 29.3 Å². The molecule has 2 aromatic rings. The number of aliphatic carboxylic acids is 1. The number of carboxylic acids is 1. The number of anilines is 1. The van der Waals surface area contributed by atoms with E-state index in [4.69, 9.17) is 21.4 Å². The van der Waals surface area contributed by atoms with Gasteiger partial charge in [-0.25, -0.2) is 4.79 Å². The Morgan fingerprint density at radius 2 is 1.87 bits per heavy atom. The van der Waals surface area contributed by atoms with Gasteiger partial charge >= 0.3 is 12.1 Å². The molecule has 1 aliphatic rings. The lowest BCUT2D eigenvalue weighted by Crippen LogP contribution is -2.28. The molecule has 160 valence electrons. The second-order valence-electron chi connectivity index (χ2n) is 6.57. The van der Waals surface area contributed by atoms with Crippen LogP contribution in [0.2, 0.25) is 5.02 Å². The third kappa shape index (κ3) is 5.60. The Morgan fingerprint density at radius 3 is 2.48 bits per heavy atom. The quantitative estimate of drug-likeness (QED) is 0.422. The molecule has 1 aliphatic heterocycles. The van der Waals surface area contributed by atoms with E-state index in [0.29, 0.717) is 22.0 Å². The van der Waals surface area contributed by atoms with Crippen molar-refractivity contribution < 1.29 is 27.8 Å². The highest BCUT2D eigenvalue weighted by atomic mass is 35.5. The van der Waals surface area contributed by atoms with E-state index in [1.807, 2.05) is 0 Å². The summed E-state index contributed by atoms with van der Waals surface area (Å²) in [5.41, 5.74) is 3.11. The Morgan fingerprint density at radius 1 is 1.19 bits per heavy atom. The molecule has 1 N–H and O–H groups in total. The SMILES string of the molecule is CC1=C=C(C(F)(F)F)C=C(COc2ccc(/C=C/C(=O)O)cc2)N1c1ccccc1Cl. The molecule has 0 atom stereocenters. The standard InChI is InChI=1S/C23H17ClF3NO3/c1-15-12-17(23(25,26)27)13-18(28(15)21-5-3-2-4-20(21)24)14-31-19-9-6-16(7-10-19)8-11-22(29)30/h2-11,13H,14H2,1H3,(H,29,30)/b11-8+. The highest BCUT2D eigenvalue weighted by Crippen LogP contribution is 2.37. The number of ether oxygens (including phenoxy) is 1. The molecule has 0 radical (unpaired) electrons. The number of carboxylic acid groups (broad SMARTS) is 1. The van der Waals surface area contributed by atoms with Crippen molar-refractivity contribution in [3.05, 3.63) is 94.0 Å². The predicted molar refractivity (Wildman–Crippen MR) is 113 cm³/mol. The molecule has 0 amide bonds. The lowest BCUT2D eigenvalue weighted by Gasteiger charge is -2.30. The van der Waals surface area contributed by atoms with Gasteiger partial charge in [0.1, 0.15) is 17.9 Å². The molecule has 3 rings (SSSR count). The predicted octanol–water partition coefficient (Wildman–Crippen LogP) is 6.21. The number of hydrogen-bond acceptors (Lipinski definition) is 3. The van der Waals surface area contributed by atoms with Crippen LogP contribution >= 0.6 is 11.6 Å². The van der Waals surface area contributed by atoms with Gasteiger partial charge in [0.15, 0.2) is 0 Å². The van der Waals surface area contributed by atoms with Gasteiger partial charge in [-0.2, -0.15) is 13.2 Å². The summed E-state index contributed by atoms with van der Waals surface area (Å²) < 4.78 is 45.7. The number of alkyl halides is 3. The lowest BCUT2D eigenvalue weighted by molar-refractivity contribution is -0.131. The van der Waals surface area contributed by atoms with Crippen LogP contribution in [0.5, 0.6) is 5.75 Å². The summed E-state index contributed by atoms with van der Waals surface area (Å²) in [6.45, 7) is 1.36. The number of para-hydroxylation sites is 1.